The molecule has 1 aliphatic heterocycles. The van der Waals surface area contributed by atoms with Crippen molar-refractivity contribution < 1.29 is 9.26 Å². The van der Waals surface area contributed by atoms with Crippen LogP contribution in [0.5, 0.6) is 11.5 Å². The van der Waals surface area contributed by atoms with Crippen LogP contribution in [0.25, 0.3) is 11.1 Å². The van der Waals surface area contributed by atoms with Gasteiger partial charge in [-0.25, -0.2) is 9.97 Å². The third kappa shape index (κ3) is 3.87. The highest BCUT2D eigenvalue weighted by molar-refractivity contribution is 8.03. The Hall–Kier alpha value is -3.01. The summed E-state index contributed by atoms with van der Waals surface area (Å²) in [6, 6.07) is 13.6. The number of nitrogens with two attached hydrogens (primary N) is 1. The maximum Gasteiger partial charge on any atom is 0.259 e. The summed E-state index contributed by atoms with van der Waals surface area (Å²) in [4.78, 5) is 12.9. The molecule has 0 fully saturated rings. The van der Waals surface area contributed by atoms with Crippen LogP contribution < -0.4 is 15.4 Å². The van der Waals surface area contributed by atoms with E-state index in [4.69, 9.17) is 20.0 Å². The average Bonchev–Trinajstić information content (AvgIpc) is 3.32. The predicted octanol–water partition coefficient (Wildman–Crippen LogP) is 5.53. The molecule has 1 unspecified atom stereocenters. The Morgan fingerprint density at radius 3 is 2.77 bits per heavy atom. The van der Waals surface area contributed by atoms with Gasteiger partial charge in [-0.1, -0.05) is 46.9 Å². The molecule has 0 amide bonds. The van der Waals surface area contributed by atoms with Crippen molar-refractivity contribution in [1.29, 1.82) is 0 Å². The molecule has 1 aromatic carbocycles. The van der Waals surface area contributed by atoms with Crippen molar-refractivity contribution in [3.05, 3.63) is 71.7 Å². The monoisotopic (exact) mass is 449 g/mol. The number of anilines is 1. The lowest BCUT2D eigenvalue weighted by atomic mass is 10.3. The van der Waals surface area contributed by atoms with Crippen LogP contribution in [0.3, 0.4) is 0 Å². The molecule has 2 N–H and O–H groups in total. The second kappa shape index (κ2) is 8.26. The largest absolute Gasteiger partial charge is 0.453 e. The number of hydrogen-bond donors (Lipinski definition) is 1. The van der Waals surface area contributed by atoms with Crippen LogP contribution in [-0.4, -0.2) is 20.6 Å². The molecule has 3 aromatic heterocycles. The van der Waals surface area contributed by atoms with Crippen LogP contribution in [0, 0.1) is 6.92 Å². The standard InChI is InChI=1S/C22H19N5O2S2/c1-13-12-30-22(23)27(13)20-17(28-15-6-4-3-5-7-15)10-16(11-25-20)31-18-8-9-24-21-19(18)14(2)26-29-21/h3-12,22H,23H2,1-2H3. The summed E-state index contributed by atoms with van der Waals surface area (Å²) in [6.07, 6.45) is 3.54. The Morgan fingerprint density at radius 2 is 2.00 bits per heavy atom. The maximum atomic E-state index is 6.30. The Kier molecular flexibility index (Phi) is 5.31. The molecule has 0 aliphatic carbocycles. The van der Waals surface area contributed by atoms with Crippen LogP contribution >= 0.6 is 23.5 Å². The number of aryl methyl sites for hydroxylation is 1. The fourth-order valence-corrected chi connectivity index (χ4v) is 5.15. The molecule has 4 aromatic rings. The van der Waals surface area contributed by atoms with Gasteiger partial charge in [0.1, 0.15) is 11.2 Å². The van der Waals surface area contributed by atoms with Crippen LogP contribution in [0.4, 0.5) is 5.82 Å². The summed E-state index contributed by atoms with van der Waals surface area (Å²) in [5, 5.41) is 6.97. The number of para-hydroxylation sites is 1. The number of rotatable bonds is 5. The van der Waals surface area contributed by atoms with Crippen LogP contribution in [0.1, 0.15) is 12.6 Å². The number of pyridine rings is 2. The molecule has 1 atom stereocenters. The predicted molar refractivity (Wildman–Crippen MR) is 123 cm³/mol. The first-order chi connectivity index (χ1) is 15.1. The van der Waals surface area contributed by atoms with E-state index in [1.54, 1.807) is 29.7 Å². The lowest BCUT2D eigenvalue weighted by molar-refractivity contribution is 0.443. The van der Waals surface area contributed by atoms with Gasteiger partial charge in [0.25, 0.3) is 5.71 Å². The first kappa shape index (κ1) is 19.9. The van der Waals surface area contributed by atoms with Gasteiger partial charge in [0, 0.05) is 33.9 Å². The molecule has 9 heteroatoms. The van der Waals surface area contributed by atoms with Gasteiger partial charge >= 0.3 is 0 Å². The summed E-state index contributed by atoms with van der Waals surface area (Å²) in [6.45, 7) is 3.92. The molecule has 0 saturated carbocycles. The summed E-state index contributed by atoms with van der Waals surface area (Å²) >= 11 is 3.11. The highest BCUT2D eigenvalue weighted by Gasteiger charge is 2.27. The molecule has 4 heterocycles. The minimum atomic E-state index is -0.247. The van der Waals surface area contributed by atoms with Crippen molar-refractivity contribution in [3.63, 3.8) is 0 Å². The fraction of sp³-hybridized carbons (Fsp3) is 0.136. The van der Waals surface area contributed by atoms with Gasteiger partial charge in [-0.3, -0.25) is 0 Å². The molecule has 1 aliphatic rings. The molecule has 5 rings (SSSR count). The molecular weight excluding hydrogens is 430 g/mol. The first-order valence-electron chi connectivity index (χ1n) is 9.59. The van der Waals surface area contributed by atoms with Gasteiger partial charge < -0.3 is 19.9 Å². The zero-order valence-corrected chi connectivity index (χ0v) is 18.5. The Labute approximate surface area is 187 Å². The smallest absolute Gasteiger partial charge is 0.259 e. The van der Waals surface area contributed by atoms with Crippen molar-refractivity contribution in [1.82, 2.24) is 15.1 Å². The first-order valence-corrected chi connectivity index (χ1v) is 11.3. The van der Waals surface area contributed by atoms with Gasteiger partial charge in [-0.05, 0) is 37.5 Å². The van der Waals surface area contributed by atoms with Crippen LogP contribution in [0.15, 0.2) is 80.3 Å². The van der Waals surface area contributed by atoms with E-state index in [0.717, 1.165) is 32.3 Å². The number of aromatic nitrogens is 3. The quantitative estimate of drug-likeness (QED) is 0.422. The number of nitrogens with zero attached hydrogens (tertiary/aromatic N) is 4. The van der Waals surface area contributed by atoms with E-state index in [9.17, 15) is 0 Å². The Balaban J connectivity index is 1.55. The van der Waals surface area contributed by atoms with E-state index in [-0.39, 0.29) is 5.50 Å². The Morgan fingerprint density at radius 1 is 1.16 bits per heavy atom. The van der Waals surface area contributed by atoms with Crippen molar-refractivity contribution in [2.45, 2.75) is 29.1 Å². The molecule has 0 radical (unpaired) electrons. The number of fused-ring (bicyclic) bond motifs is 1. The van der Waals surface area contributed by atoms with E-state index in [1.165, 1.54) is 0 Å². The van der Waals surface area contributed by atoms with E-state index < -0.39 is 0 Å². The minimum Gasteiger partial charge on any atom is -0.453 e. The second-order valence-electron chi connectivity index (χ2n) is 6.92. The fourth-order valence-electron chi connectivity index (χ4n) is 3.32. The third-order valence-electron chi connectivity index (χ3n) is 4.76. The molecule has 0 spiro atoms. The summed E-state index contributed by atoms with van der Waals surface area (Å²) in [5.41, 5.74) is 8.41. The van der Waals surface area contributed by atoms with Gasteiger partial charge in [0.15, 0.2) is 11.6 Å². The zero-order valence-electron chi connectivity index (χ0n) is 16.9. The number of allylic oxidation sites excluding steroid dienone is 1. The number of hydrogen-bond acceptors (Lipinski definition) is 9. The molecular formula is C22H19N5O2S2. The number of thioether (sulfide) groups is 1. The van der Waals surface area contributed by atoms with Crippen molar-refractivity contribution in [2.24, 2.45) is 5.73 Å². The van der Waals surface area contributed by atoms with E-state index >= 15 is 0 Å². The third-order valence-corrected chi connectivity index (χ3v) is 6.74. The van der Waals surface area contributed by atoms with Crippen LogP contribution in [0.2, 0.25) is 0 Å². The van der Waals surface area contributed by atoms with Gasteiger partial charge in [-0.15, -0.1) is 0 Å². The molecule has 0 bridgehead atoms. The molecule has 31 heavy (non-hydrogen) atoms. The van der Waals surface area contributed by atoms with E-state index in [1.807, 2.05) is 72.8 Å². The van der Waals surface area contributed by atoms with E-state index in [0.29, 0.717) is 17.3 Å². The van der Waals surface area contributed by atoms with Crippen molar-refractivity contribution in [2.75, 3.05) is 4.90 Å². The molecule has 7 nitrogen and oxygen atoms in total. The summed E-state index contributed by atoms with van der Waals surface area (Å²) in [7, 11) is 0. The Bertz CT molecular complexity index is 1280. The van der Waals surface area contributed by atoms with Gasteiger partial charge in [-0.2, -0.15) is 0 Å². The highest BCUT2D eigenvalue weighted by Crippen LogP contribution is 2.42. The van der Waals surface area contributed by atoms with Gasteiger partial charge in [0.05, 0.1) is 11.1 Å². The molecule has 156 valence electrons. The second-order valence-corrected chi connectivity index (χ2v) is 9.03. The normalized spacial score (nSPS) is 16.0. The average molecular weight is 450 g/mol. The van der Waals surface area contributed by atoms with Crippen molar-refractivity contribution >= 4 is 40.4 Å². The van der Waals surface area contributed by atoms with Crippen LogP contribution in [-0.2, 0) is 0 Å². The number of ether oxygens (including phenoxy) is 1. The highest BCUT2D eigenvalue weighted by atomic mass is 32.2. The summed E-state index contributed by atoms with van der Waals surface area (Å²) in [5.74, 6) is 2.05. The van der Waals surface area contributed by atoms with Gasteiger partial charge in [0.2, 0.25) is 0 Å². The SMILES string of the molecule is CC1=CSC(N)N1c1ncc(Sc2ccnc3onc(C)c23)cc1Oc1ccccc1. The zero-order chi connectivity index (χ0) is 21.4. The molecule has 0 saturated heterocycles. The number of benzene rings is 1. The summed E-state index contributed by atoms with van der Waals surface area (Å²) < 4.78 is 11.5. The lowest BCUT2D eigenvalue weighted by Crippen LogP contribution is -2.35. The topological polar surface area (TPSA) is 90.3 Å². The lowest BCUT2D eigenvalue weighted by Gasteiger charge is -2.26. The van der Waals surface area contributed by atoms with E-state index in [2.05, 4.69) is 10.1 Å². The van der Waals surface area contributed by atoms with Crippen molar-refractivity contribution in [3.8, 4) is 11.5 Å². The maximum absolute atomic E-state index is 6.30. The minimum absolute atomic E-state index is 0.247.